The van der Waals surface area contributed by atoms with Gasteiger partial charge in [0.15, 0.2) is 0 Å². The average molecular weight is 266 g/mol. The molecule has 0 spiro atoms. The normalized spacial score (nSPS) is 10.6. The second kappa shape index (κ2) is 5.05. The van der Waals surface area contributed by atoms with Gasteiger partial charge in [-0.15, -0.1) is 0 Å². The van der Waals surface area contributed by atoms with Crippen molar-refractivity contribution in [2.75, 3.05) is 11.1 Å². The van der Waals surface area contributed by atoms with Gasteiger partial charge in [0.1, 0.15) is 6.54 Å². The molecule has 1 amide bonds. The summed E-state index contributed by atoms with van der Waals surface area (Å²) < 4.78 is 1.80. The minimum Gasteiger partial charge on any atom is -0.399 e. The minimum absolute atomic E-state index is 0.0904. The van der Waals surface area contributed by atoms with Crippen LogP contribution < -0.4 is 11.1 Å². The Balaban J connectivity index is 1.78. The van der Waals surface area contributed by atoms with Gasteiger partial charge in [0, 0.05) is 11.4 Å². The number of carbonyl (C=O) groups is 1. The van der Waals surface area contributed by atoms with E-state index in [1.165, 1.54) is 0 Å². The van der Waals surface area contributed by atoms with Crippen LogP contribution in [0.4, 0.5) is 11.4 Å². The molecule has 3 N–H and O–H groups in total. The van der Waals surface area contributed by atoms with Crippen molar-refractivity contribution >= 4 is 28.3 Å². The first-order chi connectivity index (χ1) is 9.72. The van der Waals surface area contributed by atoms with Crippen molar-refractivity contribution in [2.45, 2.75) is 6.54 Å². The van der Waals surface area contributed by atoms with Crippen molar-refractivity contribution in [3.63, 3.8) is 0 Å². The summed E-state index contributed by atoms with van der Waals surface area (Å²) in [5.74, 6) is -0.0904. The van der Waals surface area contributed by atoms with Crippen LogP contribution in [-0.2, 0) is 11.3 Å². The fourth-order valence-electron chi connectivity index (χ4n) is 2.08. The summed E-state index contributed by atoms with van der Waals surface area (Å²) in [5, 5.41) is 2.84. The Labute approximate surface area is 116 Å². The molecule has 0 unspecified atom stereocenters. The van der Waals surface area contributed by atoms with E-state index < -0.39 is 0 Å². The summed E-state index contributed by atoms with van der Waals surface area (Å²) in [7, 11) is 0. The van der Waals surface area contributed by atoms with Gasteiger partial charge in [0.25, 0.3) is 0 Å². The first-order valence-corrected chi connectivity index (χ1v) is 6.27. The van der Waals surface area contributed by atoms with Crippen molar-refractivity contribution in [2.24, 2.45) is 0 Å². The number of nitrogen functional groups attached to an aromatic ring is 1. The SMILES string of the molecule is Nc1ccc2c(c1)ncn2CC(=O)Nc1ccccc1. The minimum atomic E-state index is -0.0904. The molecule has 1 aromatic heterocycles. The molecule has 3 aromatic rings. The summed E-state index contributed by atoms with van der Waals surface area (Å²) in [5.41, 5.74) is 8.84. The molecule has 0 radical (unpaired) electrons. The molecule has 0 aliphatic heterocycles. The van der Waals surface area contributed by atoms with E-state index in [1.807, 2.05) is 36.4 Å². The molecule has 20 heavy (non-hydrogen) atoms. The molecule has 0 saturated heterocycles. The zero-order chi connectivity index (χ0) is 13.9. The van der Waals surface area contributed by atoms with E-state index in [-0.39, 0.29) is 12.5 Å². The van der Waals surface area contributed by atoms with E-state index in [0.717, 1.165) is 16.7 Å². The molecule has 0 aliphatic carbocycles. The molecule has 3 rings (SSSR count). The number of fused-ring (bicyclic) bond motifs is 1. The van der Waals surface area contributed by atoms with Crippen molar-refractivity contribution in [1.82, 2.24) is 9.55 Å². The van der Waals surface area contributed by atoms with Gasteiger partial charge in [-0.1, -0.05) is 18.2 Å². The monoisotopic (exact) mass is 266 g/mol. The van der Waals surface area contributed by atoms with Crippen LogP contribution in [-0.4, -0.2) is 15.5 Å². The largest absolute Gasteiger partial charge is 0.399 e. The number of nitrogens with zero attached hydrogens (tertiary/aromatic N) is 2. The number of amides is 1. The lowest BCUT2D eigenvalue weighted by atomic mass is 10.3. The van der Waals surface area contributed by atoms with E-state index in [9.17, 15) is 4.79 Å². The predicted octanol–water partition coefficient (Wildman–Crippen LogP) is 2.26. The van der Waals surface area contributed by atoms with Gasteiger partial charge in [0.05, 0.1) is 17.4 Å². The highest BCUT2D eigenvalue weighted by atomic mass is 16.1. The van der Waals surface area contributed by atoms with Crippen LogP contribution in [0.2, 0.25) is 0 Å². The number of carbonyl (C=O) groups excluding carboxylic acids is 1. The summed E-state index contributed by atoms with van der Waals surface area (Å²) in [6, 6.07) is 14.8. The van der Waals surface area contributed by atoms with Crippen LogP contribution in [0.1, 0.15) is 0 Å². The smallest absolute Gasteiger partial charge is 0.244 e. The van der Waals surface area contributed by atoms with E-state index in [0.29, 0.717) is 5.69 Å². The lowest BCUT2D eigenvalue weighted by Gasteiger charge is -2.06. The van der Waals surface area contributed by atoms with Crippen molar-refractivity contribution in [1.29, 1.82) is 0 Å². The number of rotatable bonds is 3. The first-order valence-electron chi connectivity index (χ1n) is 6.27. The zero-order valence-corrected chi connectivity index (χ0v) is 10.8. The quantitative estimate of drug-likeness (QED) is 0.714. The highest BCUT2D eigenvalue weighted by molar-refractivity contribution is 5.91. The number of anilines is 2. The van der Waals surface area contributed by atoms with E-state index in [4.69, 9.17) is 5.73 Å². The molecular weight excluding hydrogens is 252 g/mol. The van der Waals surface area contributed by atoms with Gasteiger partial charge >= 0.3 is 0 Å². The number of imidazole rings is 1. The standard InChI is InChI=1S/C15H14N4O/c16-11-6-7-14-13(8-11)17-10-19(14)9-15(20)18-12-4-2-1-3-5-12/h1-8,10H,9,16H2,(H,18,20). The highest BCUT2D eigenvalue weighted by Crippen LogP contribution is 2.16. The van der Waals surface area contributed by atoms with Gasteiger partial charge in [-0.2, -0.15) is 0 Å². The molecule has 2 aromatic carbocycles. The molecule has 0 fully saturated rings. The third kappa shape index (κ3) is 2.47. The van der Waals surface area contributed by atoms with Crippen molar-refractivity contribution in [3.05, 3.63) is 54.9 Å². The maximum atomic E-state index is 12.0. The van der Waals surface area contributed by atoms with E-state index >= 15 is 0 Å². The van der Waals surface area contributed by atoms with Crippen LogP contribution in [0.5, 0.6) is 0 Å². The second-order valence-corrected chi connectivity index (χ2v) is 4.53. The molecule has 0 saturated carbocycles. The molecule has 100 valence electrons. The maximum Gasteiger partial charge on any atom is 0.244 e. The molecule has 0 bridgehead atoms. The van der Waals surface area contributed by atoms with Crippen LogP contribution in [0, 0.1) is 0 Å². The number of hydrogen-bond acceptors (Lipinski definition) is 3. The first kappa shape index (κ1) is 12.2. The van der Waals surface area contributed by atoms with Gasteiger partial charge in [-0.25, -0.2) is 4.98 Å². The van der Waals surface area contributed by atoms with Crippen LogP contribution in [0.15, 0.2) is 54.9 Å². The number of aromatic nitrogens is 2. The molecule has 5 heteroatoms. The summed E-state index contributed by atoms with van der Waals surface area (Å²) in [6.45, 7) is 0.218. The Hall–Kier alpha value is -2.82. The second-order valence-electron chi connectivity index (χ2n) is 4.53. The number of nitrogens with two attached hydrogens (primary N) is 1. The third-order valence-corrected chi connectivity index (χ3v) is 3.02. The topological polar surface area (TPSA) is 72.9 Å². The fraction of sp³-hybridized carbons (Fsp3) is 0.0667. The molecule has 0 aliphatic rings. The Morgan fingerprint density at radius 3 is 2.80 bits per heavy atom. The number of nitrogens with one attached hydrogen (secondary N) is 1. The van der Waals surface area contributed by atoms with Crippen molar-refractivity contribution < 1.29 is 4.79 Å². The Kier molecular flexibility index (Phi) is 3.09. The Morgan fingerprint density at radius 2 is 2.00 bits per heavy atom. The number of hydrogen-bond donors (Lipinski definition) is 2. The summed E-state index contributed by atoms with van der Waals surface area (Å²) in [6.07, 6.45) is 1.65. The van der Waals surface area contributed by atoms with Gasteiger partial charge in [0.2, 0.25) is 5.91 Å². The Morgan fingerprint density at radius 1 is 1.20 bits per heavy atom. The van der Waals surface area contributed by atoms with Gasteiger partial charge < -0.3 is 15.6 Å². The van der Waals surface area contributed by atoms with Gasteiger partial charge in [-0.3, -0.25) is 4.79 Å². The number of para-hydroxylation sites is 1. The Bertz CT molecular complexity index is 749. The zero-order valence-electron chi connectivity index (χ0n) is 10.8. The molecular formula is C15H14N4O. The lowest BCUT2D eigenvalue weighted by Crippen LogP contribution is -2.18. The van der Waals surface area contributed by atoms with Crippen LogP contribution in [0.25, 0.3) is 11.0 Å². The third-order valence-electron chi connectivity index (χ3n) is 3.02. The van der Waals surface area contributed by atoms with E-state index in [2.05, 4.69) is 10.3 Å². The highest BCUT2D eigenvalue weighted by Gasteiger charge is 2.07. The summed E-state index contributed by atoms with van der Waals surface area (Å²) in [4.78, 5) is 16.2. The van der Waals surface area contributed by atoms with Crippen LogP contribution in [0.3, 0.4) is 0 Å². The lowest BCUT2D eigenvalue weighted by molar-refractivity contribution is -0.116. The maximum absolute atomic E-state index is 12.0. The fourth-order valence-corrected chi connectivity index (χ4v) is 2.08. The molecule has 1 heterocycles. The van der Waals surface area contributed by atoms with Crippen molar-refractivity contribution in [3.8, 4) is 0 Å². The average Bonchev–Trinajstić information content (AvgIpc) is 2.82. The summed E-state index contributed by atoms with van der Waals surface area (Å²) >= 11 is 0. The van der Waals surface area contributed by atoms with E-state index in [1.54, 1.807) is 23.0 Å². The predicted molar refractivity (Wildman–Crippen MR) is 79.2 cm³/mol. The molecule has 5 nitrogen and oxygen atoms in total. The number of benzene rings is 2. The molecule has 0 atom stereocenters. The van der Waals surface area contributed by atoms with Crippen LogP contribution >= 0.6 is 0 Å². The van der Waals surface area contributed by atoms with Gasteiger partial charge in [-0.05, 0) is 30.3 Å².